The molecule has 1 aromatic carbocycles. The van der Waals surface area contributed by atoms with Crippen LogP contribution in [0.15, 0.2) is 29.6 Å². The number of unbranched alkanes of at least 4 members (excludes halogenated alkanes) is 1. The minimum Gasteiger partial charge on any atom is -0.378 e. The molecule has 31 heavy (non-hydrogen) atoms. The molecule has 3 fully saturated rings. The van der Waals surface area contributed by atoms with Crippen LogP contribution in [0.4, 0.5) is 5.69 Å². The Balaban J connectivity index is 0.984. The molecule has 5 nitrogen and oxygen atoms in total. The molecule has 5 rings (SSSR count). The molecule has 0 bridgehead atoms. The van der Waals surface area contributed by atoms with Gasteiger partial charge in [-0.3, -0.25) is 9.69 Å². The van der Waals surface area contributed by atoms with Gasteiger partial charge in [0.2, 0.25) is 5.91 Å². The molecule has 3 atom stereocenters. The van der Waals surface area contributed by atoms with E-state index in [1.807, 2.05) is 11.3 Å². The fourth-order valence-corrected chi connectivity index (χ4v) is 6.42. The molecule has 3 unspecified atom stereocenters. The van der Waals surface area contributed by atoms with Crippen LogP contribution in [0.5, 0.6) is 0 Å². The Bertz CT molecular complexity index is 877. The number of hydrogen-bond donors (Lipinski definition) is 1. The average molecular weight is 442 g/mol. The summed E-state index contributed by atoms with van der Waals surface area (Å²) >= 11 is 1.83. The van der Waals surface area contributed by atoms with E-state index in [2.05, 4.69) is 44.8 Å². The number of benzene rings is 1. The lowest BCUT2D eigenvalue weighted by molar-refractivity contribution is -0.125. The second-order valence-electron chi connectivity index (χ2n) is 9.42. The normalized spacial score (nSPS) is 27.3. The summed E-state index contributed by atoms with van der Waals surface area (Å²) in [6.45, 7) is 6.55. The third-order valence-corrected chi connectivity index (χ3v) is 8.32. The van der Waals surface area contributed by atoms with Crippen molar-refractivity contribution in [2.75, 3.05) is 44.2 Å². The van der Waals surface area contributed by atoms with Crippen LogP contribution in [0, 0.1) is 5.92 Å². The molecule has 6 heteroatoms. The first kappa shape index (κ1) is 21.2. The summed E-state index contributed by atoms with van der Waals surface area (Å²) in [4.78, 5) is 16.8. The Hall–Kier alpha value is -1.63. The molecule has 2 saturated heterocycles. The largest absolute Gasteiger partial charge is 0.378 e. The van der Waals surface area contributed by atoms with Gasteiger partial charge >= 0.3 is 0 Å². The highest BCUT2D eigenvalue weighted by molar-refractivity contribution is 7.17. The van der Waals surface area contributed by atoms with Gasteiger partial charge in [0.15, 0.2) is 0 Å². The van der Waals surface area contributed by atoms with E-state index in [1.54, 1.807) is 0 Å². The van der Waals surface area contributed by atoms with E-state index >= 15 is 0 Å². The first-order chi connectivity index (χ1) is 15.3. The predicted octanol–water partition coefficient (Wildman–Crippen LogP) is 4.27. The summed E-state index contributed by atoms with van der Waals surface area (Å²) in [5.74, 6) is 0.914. The van der Waals surface area contributed by atoms with Crippen LogP contribution < -0.4 is 10.2 Å². The number of nitrogens with zero attached hydrogens (tertiary/aromatic N) is 2. The maximum Gasteiger partial charge on any atom is 0.220 e. The SMILES string of the molecule is O=C1CCC2CCC(OCCCCN3CCN(c4cccc5sccc45)CC3)CC2N1. The van der Waals surface area contributed by atoms with E-state index < -0.39 is 0 Å². The van der Waals surface area contributed by atoms with Gasteiger partial charge in [0.25, 0.3) is 0 Å². The molecule has 0 spiro atoms. The maximum atomic E-state index is 11.7. The summed E-state index contributed by atoms with van der Waals surface area (Å²) in [6.07, 6.45) is 7.83. The van der Waals surface area contributed by atoms with E-state index in [0.29, 0.717) is 24.5 Å². The number of rotatable bonds is 7. The molecular formula is C25H35N3O2S. The van der Waals surface area contributed by atoms with Crippen LogP contribution >= 0.6 is 11.3 Å². The minimum atomic E-state index is 0.231. The van der Waals surface area contributed by atoms with Crippen molar-refractivity contribution in [3.63, 3.8) is 0 Å². The van der Waals surface area contributed by atoms with Crippen molar-refractivity contribution in [1.29, 1.82) is 0 Å². The van der Waals surface area contributed by atoms with Gasteiger partial charge < -0.3 is 15.0 Å². The quantitative estimate of drug-likeness (QED) is 0.652. The standard InChI is InChI=1S/C25H35N3O2S/c29-25-9-7-19-6-8-20(18-22(19)26-25)30-16-2-1-11-27-12-14-28(15-13-27)23-4-3-5-24-21(23)10-17-31-24/h3-5,10,17,19-20,22H,1-2,6-9,11-16,18H2,(H,26,29). The van der Waals surface area contributed by atoms with Gasteiger partial charge in [-0.05, 0) is 74.6 Å². The third kappa shape index (κ3) is 5.07. The van der Waals surface area contributed by atoms with E-state index in [4.69, 9.17) is 4.74 Å². The number of hydrogen-bond acceptors (Lipinski definition) is 5. The fraction of sp³-hybridized carbons (Fsp3) is 0.640. The molecule has 3 heterocycles. The molecule has 3 aliphatic rings. The topological polar surface area (TPSA) is 44.8 Å². The van der Waals surface area contributed by atoms with Crippen molar-refractivity contribution in [3.8, 4) is 0 Å². The Morgan fingerprint density at radius 1 is 1.06 bits per heavy atom. The fourth-order valence-electron chi connectivity index (χ4n) is 5.62. The second-order valence-corrected chi connectivity index (χ2v) is 10.4. The Kier molecular flexibility index (Phi) is 6.77. The van der Waals surface area contributed by atoms with Crippen molar-refractivity contribution >= 4 is 33.0 Å². The first-order valence-electron chi connectivity index (χ1n) is 12.1. The van der Waals surface area contributed by atoms with Crippen LogP contribution in [0.3, 0.4) is 0 Å². The third-order valence-electron chi connectivity index (χ3n) is 7.44. The lowest BCUT2D eigenvalue weighted by Crippen LogP contribution is -2.49. The van der Waals surface area contributed by atoms with Gasteiger partial charge in [-0.2, -0.15) is 0 Å². The number of carbonyl (C=O) groups is 1. The number of thiophene rings is 1. The van der Waals surface area contributed by atoms with Crippen molar-refractivity contribution in [1.82, 2.24) is 10.2 Å². The molecule has 1 N–H and O–H groups in total. The summed E-state index contributed by atoms with van der Waals surface area (Å²) in [5, 5.41) is 6.79. The first-order valence-corrected chi connectivity index (χ1v) is 13.0. The predicted molar refractivity (Wildman–Crippen MR) is 128 cm³/mol. The lowest BCUT2D eigenvalue weighted by Gasteiger charge is -2.39. The van der Waals surface area contributed by atoms with Gasteiger partial charge in [0, 0.05) is 61.0 Å². The molecule has 1 aliphatic carbocycles. The number of carbonyl (C=O) groups excluding carboxylic acids is 1. The van der Waals surface area contributed by atoms with Crippen LogP contribution in [0.1, 0.15) is 44.9 Å². The maximum absolute atomic E-state index is 11.7. The molecule has 0 radical (unpaired) electrons. The number of piperidine rings is 1. The zero-order chi connectivity index (χ0) is 21.0. The average Bonchev–Trinajstić information content (AvgIpc) is 3.28. The van der Waals surface area contributed by atoms with Crippen molar-refractivity contribution in [2.24, 2.45) is 5.92 Å². The summed E-state index contributed by atoms with van der Waals surface area (Å²) < 4.78 is 7.58. The molecular weight excluding hydrogens is 406 g/mol. The summed E-state index contributed by atoms with van der Waals surface area (Å²) in [5.41, 5.74) is 1.40. The van der Waals surface area contributed by atoms with Gasteiger partial charge in [0.05, 0.1) is 6.10 Å². The van der Waals surface area contributed by atoms with Crippen molar-refractivity contribution < 1.29 is 9.53 Å². The minimum absolute atomic E-state index is 0.231. The highest BCUT2D eigenvalue weighted by atomic mass is 32.1. The van der Waals surface area contributed by atoms with Gasteiger partial charge in [-0.1, -0.05) is 6.07 Å². The molecule has 168 valence electrons. The van der Waals surface area contributed by atoms with Gasteiger partial charge in [0.1, 0.15) is 0 Å². The number of fused-ring (bicyclic) bond motifs is 2. The Labute approximate surface area is 189 Å². The van der Waals surface area contributed by atoms with E-state index in [9.17, 15) is 4.79 Å². The highest BCUT2D eigenvalue weighted by Gasteiger charge is 2.34. The molecule has 2 aliphatic heterocycles. The van der Waals surface area contributed by atoms with E-state index in [0.717, 1.165) is 58.5 Å². The van der Waals surface area contributed by atoms with Crippen molar-refractivity contribution in [2.45, 2.75) is 57.1 Å². The van der Waals surface area contributed by atoms with Crippen LogP contribution in [-0.4, -0.2) is 62.3 Å². The van der Waals surface area contributed by atoms with Gasteiger partial charge in [-0.25, -0.2) is 0 Å². The van der Waals surface area contributed by atoms with Crippen LogP contribution in [0.25, 0.3) is 10.1 Å². The molecule has 1 aromatic heterocycles. The van der Waals surface area contributed by atoms with Gasteiger partial charge in [-0.15, -0.1) is 11.3 Å². The molecule has 1 amide bonds. The number of piperazine rings is 1. The monoisotopic (exact) mass is 441 g/mol. The smallest absolute Gasteiger partial charge is 0.220 e. The Morgan fingerprint density at radius 3 is 2.87 bits per heavy atom. The Morgan fingerprint density at radius 2 is 1.97 bits per heavy atom. The van der Waals surface area contributed by atoms with Crippen molar-refractivity contribution in [3.05, 3.63) is 29.6 Å². The number of amides is 1. The van der Waals surface area contributed by atoms with Crippen LogP contribution in [0.2, 0.25) is 0 Å². The van der Waals surface area contributed by atoms with Crippen LogP contribution in [-0.2, 0) is 9.53 Å². The highest BCUT2D eigenvalue weighted by Crippen LogP contribution is 2.33. The number of nitrogens with one attached hydrogen (secondary N) is 1. The molecule has 1 saturated carbocycles. The number of ether oxygens (including phenoxy) is 1. The number of anilines is 1. The summed E-state index contributed by atoms with van der Waals surface area (Å²) in [6, 6.07) is 9.30. The second kappa shape index (κ2) is 9.88. The van der Waals surface area contributed by atoms with E-state index in [-0.39, 0.29) is 5.91 Å². The molecule has 2 aromatic rings. The summed E-state index contributed by atoms with van der Waals surface area (Å²) in [7, 11) is 0. The lowest BCUT2D eigenvalue weighted by atomic mass is 9.78. The van der Waals surface area contributed by atoms with E-state index in [1.165, 1.54) is 35.2 Å². The zero-order valence-corrected chi connectivity index (χ0v) is 19.2. The zero-order valence-electron chi connectivity index (χ0n) is 18.4.